The second kappa shape index (κ2) is 4.71. The SMILES string of the molecule is Cc1ccn2c(C#N)c(-c3ccc4ccccc4c3)nc2c1. The standard InChI is InChI=1S/C19H13N3/c1-13-8-9-22-17(12-20)19(21-18(22)10-13)16-7-6-14-4-2-3-5-15(14)11-16/h2-11H,1H3. The zero-order chi connectivity index (χ0) is 15.1. The average Bonchev–Trinajstić information content (AvgIpc) is 2.91. The summed E-state index contributed by atoms with van der Waals surface area (Å²) in [6.07, 6.45) is 1.90. The molecule has 2 aromatic heterocycles. The molecule has 0 fully saturated rings. The minimum absolute atomic E-state index is 0.574. The fourth-order valence-electron chi connectivity index (χ4n) is 2.79. The molecule has 0 aliphatic heterocycles. The highest BCUT2D eigenvalue weighted by molar-refractivity contribution is 5.87. The number of rotatable bonds is 1. The Kier molecular flexibility index (Phi) is 2.70. The van der Waals surface area contributed by atoms with Gasteiger partial charge in [0, 0.05) is 11.8 Å². The van der Waals surface area contributed by atoms with Crippen LogP contribution >= 0.6 is 0 Å². The van der Waals surface area contributed by atoms with Gasteiger partial charge in [-0.1, -0.05) is 36.4 Å². The first-order chi connectivity index (χ1) is 10.8. The number of aryl methyl sites for hydroxylation is 1. The van der Waals surface area contributed by atoms with Crippen LogP contribution in [0.5, 0.6) is 0 Å². The van der Waals surface area contributed by atoms with E-state index in [9.17, 15) is 5.26 Å². The van der Waals surface area contributed by atoms with Gasteiger partial charge in [-0.25, -0.2) is 4.98 Å². The lowest BCUT2D eigenvalue weighted by Gasteiger charge is -2.01. The third kappa shape index (κ3) is 1.86. The van der Waals surface area contributed by atoms with Crippen molar-refractivity contribution in [2.45, 2.75) is 6.92 Å². The molecule has 104 valence electrons. The van der Waals surface area contributed by atoms with E-state index < -0.39 is 0 Å². The quantitative estimate of drug-likeness (QED) is 0.521. The van der Waals surface area contributed by atoms with Crippen LogP contribution in [0.4, 0.5) is 0 Å². The van der Waals surface area contributed by atoms with Gasteiger partial charge in [0.1, 0.15) is 17.4 Å². The molecule has 4 aromatic rings. The van der Waals surface area contributed by atoms with E-state index in [1.807, 2.05) is 47.9 Å². The molecule has 0 atom stereocenters. The molecular weight excluding hydrogens is 270 g/mol. The maximum absolute atomic E-state index is 9.54. The number of aromatic nitrogens is 2. The summed E-state index contributed by atoms with van der Waals surface area (Å²) in [6.45, 7) is 2.02. The molecule has 0 aliphatic rings. The molecule has 3 nitrogen and oxygen atoms in total. The van der Waals surface area contributed by atoms with Crippen molar-refractivity contribution < 1.29 is 0 Å². The smallest absolute Gasteiger partial charge is 0.152 e. The molecule has 0 saturated carbocycles. The number of fused-ring (bicyclic) bond motifs is 2. The zero-order valence-electron chi connectivity index (χ0n) is 12.1. The van der Waals surface area contributed by atoms with Crippen molar-refractivity contribution in [3.8, 4) is 17.3 Å². The number of nitriles is 1. The fourth-order valence-corrected chi connectivity index (χ4v) is 2.79. The molecule has 3 heteroatoms. The van der Waals surface area contributed by atoms with Crippen LogP contribution in [-0.4, -0.2) is 9.38 Å². The van der Waals surface area contributed by atoms with Gasteiger partial charge in [-0.05, 0) is 41.5 Å². The second-order valence-corrected chi connectivity index (χ2v) is 5.42. The summed E-state index contributed by atoms with van der Waals surface area (Å²) >= 11 is 0. The Morgan fingerprint density at radius 2 is 1.82 bits per heavy atom. The monoisotopic (exact) mass is 283 g/mol. The number of hydrogen-bond donors (Lipinski definition) is 0. The van der Waals surface area contributed by atoms with Crippen LogP contribution in [0.1, 0.15) is 11.3 Å². The summed E-state index contributed by atoms with van der Waals surface area (Å²) in [7, 11) is 0. The Morgan fingerprint density at radius 1 is 1.00 bits per heavy atom. The summed E-state index contributed by atoms with van der Waals surface area (Å²) in [6, 6.07) is 20.6. The van der Waals surface area contributed by atoms with Crippen molar-refractivity contribution in [1.29, 1.82) is 5.26 Å². The van der Waals surface area contributed by atoms with E-state index in [1.54, 1.807) is 0 Å². The third-order valence-electron chi connectivity index (χ3n) is 3.91. The van der Waals surface area contributed by atoms with Crippen molar-refractivity contribution in [3.05, 3.63) is 72.1 Å². The number of benzene rings is 2. The van der Waals surface area contributed by atoms with Gasteiger partial charge < -0.3 is 0 Å². The maximum atomic E-state index is 9.54. The Balaban J connectivity index is 2.01. The van der Waals surface area contributed by atoms with E-state index in [4.69, 9.17) is 0 Å². The van der Waals surface area contributed by atoms with Crippen LogP contribution in [0.3, 0.4) is 0 Å². The van der Waals surface area contributed by atoms with E-state index in [0.29, 0.717) is 5.69 Å². The molecule has 0 unspecified atom stereocenters. The van der Waals surface area contributed by atoms with E-state index >= 15 is 0 Å². The predicted octanol–water partition coefficient (Wildman–Crippen LogP) is 4.33. The van der Waals surface area contributed by atoms with Gasteiger partial charge in [0.2, 0.25) is 0 Å². The summed E-state index contributed by atoms with van der Waals surface area (Å²) in [5.41, 5.74) is 4.22. The lowest BCUT2D eigenvalue weighted by atomic mass is 10.0. The van der Waals surface area contributed by atoms with Gasteiger partial charge in [-0.15, -0.1) is 0 Å². The van der Waals surface area contributed by atoms with Crippen molar-refractivity contribution in [2.75, 3.05) is 0 Å². The van der Waals surface area contributed by atoms with E-state index in [2.05, 4.69) is 35.3 Å². The molecule has 0 N–H and O–H groups in total. The topological polar surface area (TPSA) is 41.1 Å². The highest BCUT2D eigenvalue weighted by Crippen LogP contribution is 2.27. The van der Waals surface area contributed by atoms with Gasteiger partial charge >= 0.3 is 0 Å². The molecular formula is C19H13N3. The number of nitrogens with zero attached hydrogens (tertiary/aromatic N) is 3. The Bertz CT molecular complexity index is 1050. The van der Waals surface area contributed by atoms with E-state index in [1.165, 1.54) is 5.39 Å². The largest absolute Gasteiger partial charge is 0.291 e. The van der Waals surface area contributed by atoms with Crippen molar-refractivity contribution in [1.82, 2.24) is 9.38 Å². The van der Waals surface area contributed by atoms with Crippen LogP contribution in [0, 0.1) is 18.3 Å². The number of pyridine rings is 1. The Morgan fingerprint density at radius 3 is 2.64 bits per heavy atom. The van der Waals surface area contributed by atoms with Crippen LogP contribution in [-0.2, 0) is 0 Å². The van der Waals surface area contributed by atoms with Crippen molar-refractivity contribution in [3.63, 3.8) is 0 Å². The van der Waals surface area contributed by atoms with Gasteiger partial charge in [0.05, 0.1) is 0 Å². The molecule has 0 radical (unpaired) electrons. The Labute approximate surface area is 128 Å². The van der Waals surface area contributed by atoms with Gasteiger partial charge in [-0.2, -0.15) is 5.26 Å². The zero-order valence-corrected chi connectivity index (χ0v) is 12.1. The minimum atomic E-state index is 0.574. The lowest BCUT2D eigenvalue weighted by molar-refractivity contribution is 1.14. The van der Waals surface area contributed by atoms with Crippen LogP contribution in [0.15, 0.2) is 60.8 Å². The van der Waals surface area contributed by atoms with Gasteiger partial charge in [0.15, 0.2) is 5.69 Å². The first-order valence-electron chi connectivity index (χ1n) is 7.14. The predicted molar refractivity (Wildman–Crippen MR) is 87.6 cm³/mol. The molecule has 0 saturated heterocycles. The third-order valence-corrected chi connectivity index (χ3v) is 3.91. The molecule has 0 amide bonds. The Hall–Kier alpha value is -3.12. The summed E-state index contributed by atoms with van der Waals surface area (Å²) in [5.74, 6) is 0. The lowest BCUT2D eigenvalue weighted by Crippen LogP contribution is -1.89. The van der Waals surface area contributed by atoms with E-state index in [-0.39, 0.29) is 0 Å². The summed E-state index contributed by atoms with van der Waals surface area (Å²) < 4.78 is 1.84. The number of imidazole rings is 1. The van der Waals surface area contributed by atoms with Crippen molar-refractivity contribution in [2.24, 2.45) is 0 Å². The van der Waals surface area contributed by atoms with Gasteiger partial charge in [0.25, 0.3) is 0 Å². The molecule has 0 bridgehead atoms. The molecule has 0 spiro atoms. The highest BCUT2D eigenvalue weighted by atomic mass is 15.0. The average molecular weight is 283 g/mol. The summed E-state index contributed by atoms with van der Waals surface area (Å²) in [5, 5.41) is 11.9. The summed E-state index contributed by atoms with van der Waals surface area (Å²) in [4.78, 5) is 4.66. The first kappa shape index (κ1) is 12.6. The fraction of sp³-hybridized carbons (Fsp3) is 0.0526. The second-order valence-electron chi connectivity index (χ2n) is 5.42. The molecule has 22 heavy (non-hydrogen) atoms. The first-order valence-corrected chi connectivity index (χ1v) is 7.14. The van der Waals surface area contributed by atoms with Crippen LogP contribution in [0.2, 0.25) is 0 Å². The maximum Gasteiger partial charge on any atom is 0.152 e. The molecule has 2 aromatic carbocycles. The van der Waals surface area contributed by atoms with Crippen LogP contribution in [0.25, 0.3) is 27.7 Å². The number of hydrogen-bond acceptors (Lipinski definition) is 2. The molecule has 0 aliphatic carbocycles. The van der Waals surface area contributed by atoms with Gasteiger partial charge in [-0.3, -0.25) is 4.40 Å². The van der Waals surface area contributed by atoms with Crippen molar-refractivity contribution >= 4 is 16.4 Å². The van der Waals surface area contributed by atoms with Crippen LogP contribution < -0.4 is 0 Å². The molecule has 4 rings (SSSR count). The molecule has 2 heterocycles. The minimum Gasteiger partial charge on any atom is -0.291 e. The highest BCUT2D eigenvalue weighted by Gasteiger charge is 2.14. The normalized spacial score (nSPS) is 10.9. The van der Waals surface area contributed by atoms with E-state index in [0.717, 1.165) is 27.9 Å².